The second-order valence-electron chi connectivity index (χ2n) is 4.52. The van der Waals surface area contributed by atoms with Crippen molar-refractivity contribution in [2.24, 2.45) is 0 Å². The van der Waals surface area contributed by atoms with Gasteiger partial charge in [-0.05, 0) is 11.8 Å². The van der Waals surface area contributed by atoms with Gasteiger partial charge in [-0.25, -0.2) is 13.4 Å². The number of aliphatic hydroxyl groups is 4. The Balaban J connectivity index is 2.73. The van der Waals surface area contributed by atoms with Gasteiger partial charge in [0.25, 0.3) is 0 Å². The third-order valence-corrected chi connectivity index (χ3v) is 8.23. The average molecular weight is 468 g/mol. The number of aliphatic hydroxyl groups excluding tert-OH is 3. The van der Waals surface area contributed by atoms with Crippen LogP contribution in [0, 0.1) is 0 Å². The van der Waals surface area contributed by atoms with Gasteiger partial charge in [-0.3, -0.25) is 4.52 Å². The molecular weight excluding hydrogens is 453 g/mol. The van der Waals surface area contributed by atoms with E-state index in [2.05, 4.69) is 54.2 Å². The van der Waals surface area contributed by atoms with Crippen LogP contribution in [0.15, 0.2) is 0 Å². The molecule has 6 N–H and O–H groups in total. The van der Waals surface area contributed by atoms with Gasteiger partial charge >= 0.3 is 15.6 Å². The highest BCUT2D eigenvalue weighted by Gasteiger charge is 2.50. The molecule has 6 atom stereocenters. The average Bonchev–Trinajstić information content (AvgIpc) is 2.35. The first-order chi connectivity index (χ1) is 10.6. The van der Waals surface area contributed by atoms with Crippen molar-refractivity contribution in [3.05, 3.63) is 0 Å². The molecule has 0 aromatic carbocycles. The summed E-state index contributed by atoms with van der Waals surface area (Å²) in [6.07, 6.45) is -5.46. The van der Waals surface area contributed by atoms with Crippen LogP contribution in [-0.2, 0) is 38.8 Å². The Morgan fingerprint density at radius 3 is 2.21 bits per heavy atom. The minimum atomic E-state index is -5.30. The maximum atomic E-state index is 11.6. The van der Waals surface area contributed by atoms with Gasteiger partial charge in [0.1, 0.15) is 24.9 Å². The van der Waals surface area contributed by atoms with E-state index in [1.807, 2.05) is 0 Å². The van der Waals surface area contributed by atoms with Gasteiger partial charge in [0.15, 0.2) is 4.67 Å². The van der Waals surface area contributed by atoms with E-state index in [1.54, 1.807) is 0 Å². The molecular formula is C6H15O12P3S3. The summed E-state index contributed by atoms with van der Waals surface area (Å²) in [5.41, 5.74) is 0. The molecule has 144 valence electrons. The number of phosphoric acid groups is 2. The molecule has 1 saturated heterocycles. The van der Waals surface area contributed by atoms with Crippen LogP contribution >= 0.6 is 44.8 Å². The number of thiol groups is 2. The van der Waals surface area contributed by atoms with Gasteiger partial charge in [0.05, 0.1) is 6.61 Å². The maximum absolute atomic E-state index is 11.6. The zero-order valence-electron chi connectivity index (χ0n) is 11.4. The van der Waals surface area contributed by atoms with Crippen LogP contribution in [0.1, 0.15) is 0 Å². The molecule has 0 radical (unpaired) electrons. The zero-order chi connectivity index (χ0) is 19.0. The van der Waals surface area contributed by atoms with E-state index >= 15 is 0 Å². The Bertz CT molecular complexity index is 597. The molecule has 1 heterocycles. The van der Waals surface area contributed by atoms with Crippen molar-refractivity contribution in [1.82, 2.24) is 0 Å². The van der Waals surface area contributed by atoms with Crippen molar-refractivity contribution in [3.8, 4) is 0 Å². The summed E-state index contributed by atoms with van der Waals surface area (Å²) < 4.78 is 36.8. The lowest BCUT2D eigenvalue weighted by atomic mass is 9.98. The van der Waals surface area contributed by atoms with E-state index < -0.39 is 57.6 Å². The third-order valence-electron chi connectivity index (χ3n) is 2.53. The van der Waals surface area contributed by atoms with Crippen LogP contribution in [0.2, 0.25) is 0 Å². The molecule has 0 bridgehead atoms. The van der Waals surface area contributed by atoms with Crippen molar-refractivity contribution in [2.75, 3.05) is 13.2 Å². The largest absolute Gasteiger partial charge is 0.486 e. The van der Waals surface area contributed by atoms with E-state index in [4.69, 9.17) is 0 Å². The molecule has 0 aliphatic carbocycles. The number of hydrogen-bond acceptors (Lipinski definition) is 11. The first kappa shape index (κ1) is 23.4. The predicted molar refractivity (Wildman–Crippen MR) is 89.0 cm³/mol. The molecule has 18 heteroatoms. The minimum Gasteiger partial charge on any atom is -0.388 e. The van der Waals surface area contributed by atoms with Crippen LogP contribution < -0.4 is 0 Å². The van der Waals surface area contributed by atoms with Crippen LogP contribution in [0.25, 0.3) is 0 Å². The van der Waals surface area contributed by atoms with E-state index in [9.17, 15) is 39.3 Å². The number of phosphoric ester groups is 1. The lowest BCUT2D eigenvalue weighted by Crippen LogP contribution is -2.62. The summed E-state index contributed by atoms with van der Waals surface area (Å²) in [5, 5.41) is 38.2. The van der Waals surface area contributed by atoms with E-state index in [0.717, 1.165) is 0 Å². The number of ether oxygens (including phenoxy) is 1. The van der Waals surface area contributed by atoms with Gasteiger partial charge in [0.2, 0.25) is 5.79 Å². The van der Waals surface area contributed by atoms with E-state index in [-0.39, 0.29) is 0 Å². The quantitative estimate of drug-likeness (QED) is 0.170. The molecule has 24 heavy (non-hydrogen) atoms. The second kappa shape index (κ2) is 8.19. The Labute approximate surface area is 151 Å². The highest BCUT2D eigenvalue weighted by Crippen LogP contribution is 2.72. The standard InChI is InChI=1S/C6H15O12P3S3/c7-3-1-15-6(10,5(9)4(3)8)2-16-19(11,12)17-20(13,14)18-21(22,23)24/h3-5,7-10H,1-2H2,(H,11,12)(H,13,14)(H2,22,23,24)/t3-,4-,5+,6?/m1/s1. The van der Waals surface area contributed by atoms with Gasteiger partial charge in [-0.1, -0.05) is 0 Å². The molecule has 1 aliphatic heterocycles. The minimum absolute atomic E-state index is 0.626. The van der Waals surface area contributed by atoms with Crippen molar-refractivity contribution in [2.45, 2.75) is 24.1 Å². The fourth-order valence-electron chi connectivity index (χ4n) is 1.50. The summed E-state index contributed by atoms with van der Waals surface area (Å²) in [7, 11) is -10.5. The van der Waals surface area contributed by atoms with Crippen LogP contribution in [0.5, 0.6) is 0 Å². The Kier molecular flexibility index (Phi) is 8.00. The van der Waals surface area contributed by atoms with Gasteiger partial charge in [-0.2, -0.15) is 4.31 Å². The first-order valence-electron chi connectivity index (χ1n) is 5.76. The summed E-state index contributed by atoms with van der Waals surface area (Å²) in [5.74, 6) is -2.69. The summed E-state index contributed by atoms with van der Waals surface area (Å²) in [4.78, 5) is 18.6. The van der Waals surface area contributed by atoms with Gasteiger partial charge < -0.3 is 34.9 Å². The molecule has 0 aromatic heterocycles. The lowest BCUT2D eigenvalue weighted by Gasteiger charge is -2.41. The van der Waals surface area contributed by atoms with Gasteiger partial charge in [-0.15, -0.1) is 24.5 Å². The zero-order valence-corrected chi connectivity index (χ0v) is 16.7. The van der Waals surface area contributed by atoms with Crippen LogP contribution in [0.3, 0.4) is 0 Å². The van der Waals surface area contributed by atoms with E-state index in [1.165, 1.54) is 0 Å². The van der Waals surface area contributed by atoms with Crippen molar-refractivity contribution < 1.29 is 57.2 Å². The van der Waals surface area contributed by atoms with E-state index in [0.29, 0.717) is 0 Å². The molecule has 0 amide bonds. The SMILES string of the molecule is O=P(O)(OCC1(O)OC[C@@H](O)[C@@H](O)[C@@H]1O)OP(=O)(O)OP(=S)(S)S. The molecule has 0 spiro atoms. The molecule has 0 aromatic rings. The molecule has 1 aliphatic rings. The fraction of sp³-hybridized carbons (Fsp3) is 1.00. The van der Waals surface area contributed by atoms with Crippen LogP contribution in [-0.4, -0.2) is 67.5 Å². The second-order valence-corrected chi connectivity index (χ2v) is 16.4. The molecule has 1 fully saturated rings. The fourth-order valence-corrected chi connectivity index (χ4v) is 6.96. The van der Waals surface area contributed by atoms with Crippen LogP contribution in [0.4, 0.5) is 0 Å². The molecule has 1 rings (SSSR count). The summed E-state index contributed by atoms with van der Waals surface area (Å²) >= 11 is 11.6. The lowest BCUT2D eigenvalue weighted by molar-refractivity contribution is -0.329. The summed E-state index contributed by atoms with van der Waals surface area (Å²) in [6.45, 7) is -1.89. The third kappa shape index (κ3) is 7.20. The maximum Gasteiger partial charge on any atom is 0.486 e. The van der Waals surface area contributed by atoms with Gasteiger partial charge in [0, 0.05) is 0 Å². The molecule has 3 unspecified atom stereocenters. The van der Waals surface area contributed by atoms with Crippen molar-refractivity contribution in [3.63, 3.8) is 0 Å². The Hall–Kier alpha value is 1.41. The highest BCUT2D eigenvalue weighted by molar-refractivity contribution is 8.91. The number of rotatable bonds is 7. The molecule has 0 saturated carbocycles. The predicted octanol–water partition coefficient (Wildman–Crippen LogP) is -0.877. The number of hydrogen-bond donors (Lipinski definition) is 8. The Morgan fingerprint density at radius 2 is 1.71 bits per heavy atom. The smallest absolute Gasteiger partial charge is 0.388 e. The van der Waals surface area contributed by atoms with Crippen molar-refractivity contribution >= 4 is 56.6 Å². The molecule has 12 nitrogen and oxygen atoms in total. The normalized spacial score (nSPS) is 36.8. The highest BCUT2D eigenvalue weighted by atomic mass is 33.2. The topological polar surface area (TPSA) is 192 Å². The Morgan fingerprint density at radius 1 is 1.17 bits per heavy atom. The summed E-state index contributed by atoms with van der Waals surface area (Å²) in [6, 6.07) is 0. The van der Waals surface area contributed by atoms with Crippen molar-refractivity contribution in [1.29, 1.82) is 0 Å². The first-order valence-corrected chi connectivity index (χ1v) is 13.8. The monoisotopic (exact) mass is 468 g/mol.